The first-order valence-corrected chi connectivity index (χ1v) is 7.94. The molecule has 1 aliphatic rings. The first-order chi connectivity index (χ1) is 9.08. The quantitative estimate of drug-likeness (QED) is 0.663. The predicted molar refractivity (Wildman–Crippen MR) is 81.3 cm³/mol. The number of rotatable bonds is 9. The molecule has 4 heteroatoms. The van der Waals surface area contributed by atoms with Crippen LogP contribution >= 0.6 is 0 Å². The van der Waals surface area contributed by atoms with E-state index in [0.29, 0.717) is 6.04 Å². The highest BCUT2D eigenvalue weighted by Gasteiger charge is 2.37. The summed E-state index contributed by atoms with van der Waals surface area (Å²) in [5, 5.41) is 9.36. The molecule has 1 saturated carbocycles. The van der Waals surface area contributed by atoms with Crippen LogP contribution in [0.5, 0.6) is 0 Å². The Hall–Kier alpha value is -0.160. The molecule has 1 rings (SSSR count). The van der Waals surface area contributed by atoms with Gasteiger partial charge in [-0.2, -0.15) is 0 Å². The van der Waals surface area contributed by atoms with Gasteiger partial charge in [0.25, 0.3) is 0 Å². The van der Waals surface area contributed by atoms with Gasteiger partial charge in [0.2, 0.25) is 0 Å². The van der Waals surface area contributed by atoms with Gasteiger partial charge in [-0.25, -0.2) is 0 Å². The van der Waals surface area contributed by atoms with Gasteiger partial charge in [0.05, 0.1) is 6.61 Å². The van der Waals surface area contributed by atoms with Crippen LogP contribution in [0.25, 0.3) is 0 Å². The van der Waals surface area contributed by atoms with E-state index in [9.17, 15) is 5.11 Å². The Bertz CT molecular complexity index is 246. The summed E-state index contributed by atoms with van der Waals surface area (Å²) in [7, 11) is 0. The molecule has 114 valence electrons. The number of nitrogens with two attached hydrogens (primary N) is 1. The maximum Gasteiger partial charge on any atom is 0.0611 e. The summed E-state index contributed by atoms with van der Waals surface area (Å²) in [6, 6.07) is 0.568. The van der Waals surface area contributed by atoms with Crippen LogP contribution in [0, 0.1) is 0 Å². The highest BCUT2D eigenvalue weighted by Crippen LogP contribution is 2.30. The van der Waals surface area contributed by atoms with Gasteiger partial charge in [-0.05, 0) is 58.4 Å². The summed E-state index contributed by atoms with van der Waals surface area (Å²) in [6.07, 6.45) is 4.27. The molecule has 19 heavy (non-hydrogen) atoms. The zero-order valence-electron chi connectivity index (χ0n) is 13.1. The second-order valence-electron chi connectivity index (χ2n) is 5.93. The molecule has 2 atom stereocenters. The van der Waals surface area contributed by atoms with Gasteiger partial charge >= 0.3 is 0 Å². The van der Waals surface area contributed by atoms with E-state index >= 15 is 0 Å². The molecule has 2 unspecified atom stereocenters. The first kappa shape index (κ1) is 16.9. The van der Waals surface area contributed by atoms with Gasteiger partial charge in [0, 0.05) is 11.6 Å². The number of hydrogen-bond donors (Lipinski definition) is 2. The zero-order chi connectivity index (χ0) is 14.3. The summed E-state index contributed by atoms with van der Waals surface area (Å²) >= 11 is 0. The Morgan fingerprint density at radius 2 is 1.84 bits per heavy atom. The summed E-state index contributed by atoms with van der Waals surface area (Å²) in [6.45, 7) is 12.5. The molecule has 4 nitrogen and oxygen atoms in total. The molecule has 0 aromatic carbocycles. The van der Waals surface area contributed by atoms with Crippen LogP contribution in [0.15, 0.2) is 0 Å². The second-order valence-corrected chi connectivity index (χ2v) is 5.93. The van der Waals surface area contributed by atoms with Gasteiger partial charge in [-0.15, -0.1) is 0 Å². The lowest BCUT2D eigenvalue weighted by molar-refractivity contribution is 0.163. The van der Waals surface area contributed by atoms with E-state index in [-0.39, 0.29) is 12.1 Å². The van der Waals surface area contributed by atoms with Crippen LogP contribution < -0.4 is 5.73 Å². The Labute approximate surface area is 118 Å². The lowest BCUT2D eigenvalue weighted by Gasteiger charge is -2.30. The van der Waals surface area contributed by atoms with Crippen molar-refractivity contribution in [2.75, 3.05) is 39.3 Å². The van der Waals surface area contributed by atoms with Crippen LogP contribution in [-0.2, 0) is 0 Å². The van der Waals surface area contributed by atoms with Crippen molar-refractivity contribution in [1.29, 1.82) is 0 Å². The van der Waals surface area contributed by atoms with Gasteiger partial charge < -0.3 is 20.6 Å². The third-order valence-corrected chi connectivity index (χ3v) is 4.67. The average molecular weight is 271 g/mol. The minimum atomic E-state index is -0.322. The summed E-state index contributed by atoms with van der Waals surface area (Å²) in [4.78, 5) is 5.03. The number of aliphatic hydroxyl groups is 1. The molecule has 0 bridgehead atoms. The van der Waals surface area contributed by atoms with Gasteiger partial charge in [0.1, 0.15) is 0 Å². The van der Waals surface area contributed by atoms with Crippen molar-refractivity contribution in [2.45, 2.75) is 58.0 Å². The van der Waals surface area contributed by atoms with E-state index in [1.54, 1.807) is 0 Å². The molecule has 0 saturated heterocycles. The minimum Gasteiger partial charge on any atom is -0.394 e. The fourth-order valence-corrected chi connectivity index (χ4v) is 3.22. The van der Waals surface area contributed by atoms with Gasteiger partial charge in [-0.3, -0.25) is 0 Å². The lowest BCUT2D eigenvalue weighted by Crippen LogP contribution is -2.44. The summed E-state index contributed by atoms with van der Waals surface area (Å²) in [5.41, 5.74) is 5.85. The molecule has 0 aliphatic heterocycles. The molecule has 1 fully saturated rings. The van der Waals surface area contributed by atoms with Crippen molar-refractivity contribution in [3.05, 3.63) is 0 Å². The van der Waals surface area contributed by atoms with Gasteiger partial charge in [0.15, 0.2) is 0 Å². The molecule has 0 amide bonds. The van der Waals surface area contributed by atoms with E-state index in [4.69, 9.17) is 5.73 Å². The summed E-state index contributed by atoms with van der Waals surface area (Å²) < 4.78 is 0. The number of hydrogen-bond acceptors (Lipinski definition) is 4. The van der Waals surface area contributed by atoms with Crippen molar-refractivity contribution in [1.82, 2.24) is 9.80 Å². The number of nitrogens with zero attached hydrogens (tertiary/aromatic N) is 2. The SMILES string of the molecule is CCN(CC)CCCN(CC)C1CCC(N)(CO)C1. The van der Waals surface area contributed by atoms with E-state index < -0.39 is 0 Å². The van der Waals surface area contributed by atoms with E-state index in [0.717, 1.165) is 45.4 Å². The monoisotopic (exact) mass is 271 g/mol. The normalized spacial score (nSPS) is 27.6. The third-order valence-electron chi connectivity index (χ3n) is 4.67. The van der Waals surface area contributed by atoms with Crippen LogP contribution in [0.2, 0.25) is 0 Å². The van der Waals surface area contributed by atoms with Crippen molar-refractivity contribution < 1.29 is 5.11 Å². The highest BCUT2D eigenvalue weighted by molar-refractivity contribution is 4.96. The molecule has 0 aromatic rings. The zero-order valence-corrected chi connectivity index (χ0v) is 13.1. The maximum absolute atomic E-state index is 9.36. The molecule has 3 N–H and O–H groups in total. The van der Waals surface area contributed by atoms with Crippen molar-refractivity contribution >= 4 is 0 Å². The van der Waals surface area contributed by atoms with Crippen molar-refractivity contribution in [3.63, 3.8) is 0 Å². The molecule has 1 aliphatic carbocycles. The second kappa shape index (κ2) is 8.20. The molecule has 0 spiro atoms. The topological polar surface area (TPSA) is 52.7 Å². The molecule has 0 aromatic heterocycles. The molecular weight excluding hydrogens is 238 g/mol. The largest absolute Gasteiger partial charge is 0.394 e. The summed E-state index contributed by atoms with van der Waals surface area (Å²) in [5.74, 6) is 0. The Morgan fingerprint density at radius 1 is 1.16 bits per heavy atom. The van der Waals surface area contributed by atoms with E-state index in [2.05, 4.69) is 30.6 Å². The molecule has 0 heterocycles. The van der Waals surface area contributed by atoms with Crippen LogP contribution in [0.3, 0.4) is 0 Å². The Balaban J connectivity index is 2.34. The smallest absolute Gasteiger partial charge is 0.0611 e. The first-order valence-electron chi connectivity index (χ1n) is 7.94. The Morgan fingerprint density at radius 3 is 2.32 bits per heavy atom. The maximum atomic E-state index is 9.36. The van der Waals surface area contributed by atoms with Crippen LogP contribution in [-0.4, -0.2) is 65.8 Å². The van der Waals surface area contributed by atoms with E-state index in [1.807, 2.05) is 0 Å². The van der Waals surface area contributed by atoms with Crippen molar-refractivity contribution in [2.24, 2.45) is 5.73 Å². The fourth-order valence-electron chi connectivity index (χ4n) is 3.22. The van der Waals surface area contributed by atoms with Crippen LogP contribution in [0.1, 0.15) is 46.5 Å². The number of aliphatic hydroxyl groups excluding tert-OH is 1. The third kappa shape index (κ3) is 5.03. The van der Waals surface area contributed by atoms with Crippen molar-refractivity contribution in [3.8, 4) is 0 Å². The fraction of sp³-hybridized carbons (Fsp3) is 1.00. The lowest BCUT2D eigenvalue weighted by atomic mass is 10.0. The minimum absolute atomic E-state index is 0.125. The Kier molecular flexibility index (Phi) is 7.29. The standard InChI is InChI=1S/C15H33N3O/c1-4-17(5-2)10-7-11-18(6-3)14-8-9-15(16,12-14)13-19/h14,19H,4-13,16H2,1-3H3. The van der Waals surface area contributed by atoms with E-state index in [1.165, 1.54) is 13.0 Å². The highest BCUT2D eigenvalue weighted by atomic mass is 16.3. The molecule has 0 radical (unpaired) electrons. The predicted octanol–water partition coefficient (Wildman–Crippen LogP) is 1.28. The van der Waals surface area contributed by atoms with Crippen LogP contribution in [0.4, 0.5) is 0 Å². The molecular formula is C15H33N3O. The van der Waals surface area contributed by atoms with Gasteiger partial charge in [-0.1, -0.05) is 20.8 Å². The average Bonchev–Trinajstić information content (AvgIpc) is 2.82.